The van der Waals surface area contributed by atoms with E-state index >= 15 is 0 Å². The summed E-state index contributed by atoms with van der Waals surface area (Å²) in [5.74, 6) is 0. The van der Waals surface area contributed by atoms with Gasteiger partial charge in [0.1, 0.15) is 0 Å². The molecule has 0 aromatic rings. The molecule has 0 fully saturated rings. The quantitative estimate of drug-likeness (QED) is 0.283. The number of isocyanates is 1. The highest BCUT2D eigenvalue weighted by Gasteiger charge is 1.74. The maximum absolute atomic E-state index is 9.25. The van der Waals surface area contributed by atoms with Gasteiger partial charge in [-0.1, -0.05) is 0 Å². The van der Waals surface area contributed by atoms with Gasteiger partial charge in [-0.15, -0.1) is 0 Å². The highest BCUT2D eigenvalue weighted by molar-refractivity contribution is 5.33. The molecule has 0 bridgehead atoms. The molecule has 0 aliphatic rings. The van der Waals surface area contributed by atoms with Crippen molar-refractivity contribution in [2.75, 3.05) is 0 Å². The van der Waals surface area contributed by atoms with Gasteiger partial charge in [0.05, 0.1) is 19.0 Å². The summed E-state index contributed by atoms with van der Waals surface area (Å²) in [6.07, 6.45) is 1.45. The van der Waals surface area contributed by atoms with Gasteiger partial charge in [0.2, 0.25) is 6.08 Å². The second-order valence-electron chi connectivity index (χ2n) is 0.765. The molecule has 35 valence electrons. The van der Waals surface area contributed by atoms with Crippen LogP contribution >= 0.6 is 0 Å². The number of aliphatic imine (C=N–C) groups is 1. The molecular weight excluding hydrogens is 92.1 g/mol. The van der Waals surface area contributed by atoms with Gasteiger partial charge in [-0.3, -0.25) is 0 Å². The molecule has 1 radical (unpaired) electrons. The zero-order chi connectivity index (χ0) is 5.54. The molecule has 0 aromatic carbocycles. The smallest absolute Gasteiger partial charge is 0.211 e. The second-order valence-corrected chi connectivity index (χ2v) is 0.765. The molecule has 0 rings (SSSR count). The van der Waals surface area contributed by atoms with Crippen molar-refractivity contribution in [3.8, 4) is 6.07 Å². The minimum Gasteiger partial charge on any atom is -0.211 e. The largest absolute Gasteiger partial charge is 0.235 e. The lowest BCUT2D eigenvalue weighted by Crippen LogP contribution is -1.62. The molecule has 0 N–H and O–H groups in total. The van der Waals surface area contributed by atoms with Crippen LogP contribution in [-0.2, 0) is 4.79 Å². The molecular formula is C4H3N2O. The number of rotatable bonds is 2. The highest BCUT2D eigenvalue weighted by atomic mass is 16.1. The summed E-state index contributed by atoms with van der Waals surface area (Å²) in [4.78, 5) is 12.3. The molecule has 0 saturated carbocycles. The summed E-state index contributed by atoms with van der Waals surface area (Å²) in [5, 5.41) is 7.82. The third kappa shape index (κ3) is 4.87. The van der Waals surface area contributed by atoms with Gasteiger partial charge in [-0.05, 0) is 0 Å². The lowest BCUT2D eigenvalue weighted by molar-refractivity contribution is 0.564. The molecule has 0 heterocycles. The maximum Gasteiger partial charge on any atom is 0.235 e. The Morgan fingerprint density at radius 1 is 1.86 bits per heavy atom. The normalized spacial score (nSPS) is 6.14. The third-order valence-electron chi connectivity index (χ3n) is 0.327. The first kappa shape index (κ1) is 5.87. The topological polar surface area (TPSA) is 53.2 Å². The molecule has 3 nitrogen and oxygen atoms in total. The molecule has 7 heavy (non-hydrogen) atoms. The van der Waals surface area contributed by atoms with Crippen LogP contribution in [0, 0.1) is 17.9 Å². The summed E-state index contributed by atoms with van der Waals surface area (Å²) in [6.45, 7) is 1.20. The predicted octanol–water partition coefficient (Wildman–Crippen LogP) is 0.398. The van der Waals surface area contributed by atoms with Crippen molar-refractivity contribution < 1.29 is 4.79 Å². The summed E-state index contributed by atoms with van der Waals surface area (Å²) in [6, 6.07) is 1.77. The summed E-state index contributed by atoms with van der Waals surface area (Å²) in [5.41, 5.74) is 0. The minimum atomic E-state index is 0.176. The first-order chi connectivity index (χ1) is 3.41. The zero-order valence-electron chi connectivity index (χ0n) is 3.59. The van der Waals surface area contributed by atoms with Gasteiger partial charge in [0.15, 0.2) is 0 Å². The first-order valence-corrected chi connectivity index (χ1v) is 1.67. The van der Waals surface area contributed by atoms with Crippen molar-refractivity contribution in [1.82, 2.24) is 0 Å². The standard InChI is InChI=1S/C4H3N2O/c5-2-1-3-6-4-7/h3H,1H2. The van der Waals surface area contributed by atoms with Crippen LogP contribution < -0.4 is 0 Å². The molecule has 0 unspecified atom stereocenters. The molecule has 0 aliphatic heterocycles. The molecule has 0 spiro atoms. The van der Waals surface area contributed by atoms with E-state index < -0.39 is 0 Å². The van der Waals surface area contributed by atoms with Crippen LogP contribution in [0.3, 0.4) is 0 Å². The Morgan fingerprint density at radius 3 is 3.00 bits per heavy atom. The maximum atomic E-state index is 9.25. The van der Waals surface area contributed by atoms with Crippen molar-refractivity contribution in [3.63, 3.8) is 0 Å². The van der Waals surface area contributed by atoms with Gasteiger partial charge >= 0.3 is 0 Å². The fourth-order valence-electron chi connectivity index (χ4n) is 0.124. The Kier molecular flexibility index (Phi) is 4.08. The van der Waals surface area contributed by atoms with E-state index in [2.05, 4.69) is 4.99 Å². The van der Waals surface area contributed by atoms with E-state index in [1.807, 2.05) is 0 Å². The van der Waals surface area contributed by atoms with Gasteiger partial charge in [-0.2, -0.15) is 10.3 Å². The Labute approximate surface area is 41.3 Å². The fourth-order valence-corrected chi connectivity index (χ4v) is 0.124. The van der Waals surface area contributed by atoms with Crippen LogP contribution in [0.25, 0.3) is 0 Å². The van der Waals surface area contributed by atoms with Crippen molar-refractivity contribution in [2.45, 2.75) is 6.42 Å². The monoisotopic (exact) mass is 95.0 g/mol. The molecule has 0 atom stereocenters. The van der Waals surface area contributed by atoms with E-state index in [-0.39, 0.29) is 6.42 Å². The van der Waals surface area contributed by atoms with E-state index in [0.29, 0.717) is 0 Å². The summed E-state index contributed by atoms with van der Waals surface area (Å²) < 4.78 is 0. The Bertz CT molecular complexity index is 118. The van der Waals surface area contributed by atoms with E-state index in [4.69, 9.17) is 5.26 Å². The molecule has 3 heteroatoms. The zero-order valence-corrected chi connectivity index (χ0v) is 3.59. The van der Waals surface area contributed by atoms with Gasteiger partial charge in [-0.25, -0.2) is 4.79 Å². The second kappa shape index (κ2) is 4.87. The molecule has 0 aliphatic carbocycles. The predicted molar refractivity (Wildman–Crippen MR) is 22.7 cm³/mol. The van der Waals surface area contributed by atoms with E-state index in [0.717, 1.165) is 0 Å². The van der Waals surface area contributed by atoms with Crippen molar-refractivity contribution in [1.29, 1.82) is 5.26 Å². The van der Waals surface area contributed by atoms with E-state index in [1.165, 1.54) is 12.6 Å². The van der Waals surface area contributed by atoms with Gasteiger partial charge in [0.25, 0.3) is 0 Å². The number of hydrogen-bond acceptors (Lipinski definition) is 3. The van der Waals surface area contributed by atoms with Crippen LogP contribution in [0.1, 0.15) is 6.42 Å². The van der Waals surface area contributed by atoms with Gasteiger partial charge in [0, 0.05) is 0 Å². The van der Waals surface area contributed by atoms with Crippen LogP contribution in [0.4, 0.5) is 0 Å². The molecule has 0 saturated heterocycles. The number of carbonyl (C=O) groups excluding carboxylic acids is 1. The van der Waals surface area contributed by atoms with Crippen molar-refractivity contribution in [2.24, 2.45) is 4.99 Å². The highest BCUT2D eigenvalue weighted by Crippen LogP contribution is 1.80. The lowest BCUT2D eigenvalue weighted by atomic mass is 10.5. The number of hydrogen-bond donors (Lipinski definition) is 0. The van der Waals surface area contributed by atoms with E-state index in [1.54, 1.807) is 6.07 Å². The van der Waals surface area contributed by atoms with Crippen LogP contribution in [-0.4, -0.2) is 6.08 Å². The Balaban J connectivity index is 3.03. The average Bonchev–Trinajstić information content (AvgIpc) is 1.69. The average molecular weight is 95.1 g/mol. The fraction of sp³-hybridized carbons (Fsp3) is 0.250. The Hall–Kier alpha value is -1.13. The summed E-state index contributed by atoms with van der Waals surface area (Å²) >= 11 is 0. The van der Waals surface area contributed by atoms with Crippen LogP contribution in [0.2, 0.25) is 0 Å². The first-order valence-electron chi connectivity index (χ1n) is 1.67. The minimum absolute atomic E-state index is 0.176. The summed E-state index contributed by atoms with van der Waals surface area (Å²) in [7, 11) is 0. The van der Waals surface area contributed by atoms with Crippen LogP contribution in [0.5, 0.6) is 0 Å². The molecule has 0 amide bonds. The van der Waals surface area contributed by atoms with Crippen molar-refractivity contribution in [3.05, 3.63) is 6.54 Å². The third-order valence-corrected chi connectivity index (χ3v) is 0.327. The number of nitrogens with zero attached hydrogens (tertiary/aromatic N) is 2. The lowest BCUT2D eigenvalue weighted by Gasteiger charge is -1.68. The van der Waals surface area contributed by atoms with Gasteiger partial charge < -0.3 is 0 Å². The Morgan fingerprint density at radius 2 is 2.57 bits per heavy atom. The van der Waals surface area contributed by atoms with E-state index in [9.17, 15) is 4.79 Å². The number of nitriles is 1. The SMILES string of the molecule is N#CC[CH]N=C=O. The van der Waals surface area contributed by atoms with Crippen LogP contribution in [0.15, 0.2) is 4.99 Å². The molecule has 0 aromatic heterocycles. The van der Waals surface area contributed by atoms with Crippen molar-refractivity contribution >= 4 is 6.08 Å².